The van der Waals surface area contributed by atoms with Crippen LogP contribution in [0.15, 0.2) is 53.7 Å². The maximum absolute atomic E-state index is 15.3. The molecular formula is C41H47F2N9O6. The van der Waals surface area contributed by atoms with Gasteiger partial charge in [-0.1, -0.05) is 0 Å². The van der Waals surface area contributed by atoms with Crippen LogP contribution in [-0.2, 0) is 9.59 Å². The number of alkyl halides is 1. The number of anilines is 2. The topological polar surface area (TPSA) is 164 Å². The van der Waals surface area contributed by atoms with Crippen molar-refractivity contribution in [3.8, 4) is 5.75 Å². The third-order valence-electron chi connectivity index (χ3n) is 11.7. The van der Waals surface area contributed by atoms with Gasteiger partial charge < -0.3 is 29.3 Å². The van der Waals surface area contributed by atoms with Crippen LogP contribution < -0.4 is 25.8 Å². The number of carbonyl (C=O) groups excluding carboxylic acids is 4. The fourth-order valence-corrected chi connectivity index (χ4v) is 8.33. The second-order valence-electron chi connectivity index (χ2n) is 16.0. The molecule has 0 radical (unpaired) electrons. The molecule has 6 heterocycles. The number of imide groups is 1. The highest BCUT2D eigenvalue weighted by Gasteiger charge is 2.40. The number of hydrogen-bond donors (Lipinski definition) is 2. The molecule has 3 atom stereocenters. The summed E-state index contributed by atoms with van der Waals surface area (Å²) in [5, 5.41) is 10.6. The van der Waals surface area contributed by atoms with Gasteiger partial charge in [-0.2, -0.15) is 5.10 Å². The Morgan fingerprint density at radius 3 is 2.45 bits per heavy atom. The number of pyridine rings is 2. The predicted molar refractivity (Wildman–Crippen MR) is 210 cm³/mol. The molecule has 3 aromatic heterocycles. The molecule has 4 fully saturated rings. The lowest BCUT2D eigenvalue weighted by Crippen LogP contribution is -2.52. The summed E-state index contributed by atoms with van der Waals surface area (Å²) in [6, 6.07) is 7.29. The number of halogens is 2. The summed E-state index contributed by atoms with van der Waals surface area (Å²) in [6.07, 6.45) is 7.04. The van der Waals surface area contributed by atoms with E-state index in [0.29, 0.717) is 75.1 Å². The first kappa shape index (κ1) is 39.0. The van der Waals surface area contributed by atoms with Gasteiger partial charge in [0.25, 0.3) is 11.5 Å². The van der Waals surface area contributed by atoms with Crippen molar-refractivity contribution in [1.29, 1.82) is 0 Å². The number of amides is 5. The summed E-state index contributed by atoms with van der Waals surface area (Å²) < 4.78 is 38.2. The third-order valence-corrected chi connectivity index (χ3v) is 11.7. The van der Waals surface area contributed by atoms with E-state index in [0.717, 1.165) is 5.39 Å². The van der Waals surface area contributed by atoms with Crippen molar-refractivity contribution in [3.63, 3.8) is 0 Å². The number of rotatable bonds is 9. The highest BCUT2D eigenvalue weighted by atomic mass is 19.1. The molecule has 306 valence electrons. The molecule has 1 aromatic carbocycles. The molecule has 3 aliphatic heterocycles. The minimum absolute atomic E-state index is 0.0186. The number of likely N-dealkylation sites (tertiary alicyclic amines) is 1. The van der Waals surface area contributed by atoms with Crippen LogP contribution in [0.3, 0.4) is 0 Å². The zero-order valence-corrected chi connectivity index (χ0v) is 32.7. The lowest BCUT2D eigenvalue weighted by Gasteiger charge is -2.40. The SMILES string of the molecule is CC(C)Oc1cc2nn(C3CCN(C(=O)N(C)C4CCN(c5ncc(C6CCC(=O)NC6=O)cc5F)CC4)CC3)cc2cc1C(=O)Nc1cccn([C@H]2C[C@H]2F)c1=O. The van der Waals surface area contributed by atoms with E-state index in [4.69, 9.17) is 9.84 Å². The molecule has 3 saturated heterocycles. The van der Waals surface area contributed by atoms with Gasteiger partial charge in [-0.05, 0) is 75.8 Å². The van der Waals surface area contributed by atoms with E-state index in [9.17, 15) is 28.4 Å². The molecule has 5 amide bonds. The lowest BCUT2D eigenvalue weighted by atomic mass is 9.91. The smallest absolute Gasteiger partial charge is 0.319 e. The Morgan fingerprint density at radius 2 is 1.78 bits per heavy atom. The molecule has 1 aliphatic carbocycles. The van der Waals surface area contributed by atoms with Crippen LogP contribution in [0.2, 0.25) is 0 Å². The molecule has 0 spiro atoms. The lowest BCUT2D eigenvalue weighted by molar-refractivity contribution is -0.134. The molecule has 0 bridgehead atoms. The summed E-state index contributed by atoms with van der Waals surface area (Å²) in [6.45, 7) is 5.80. The Bertz CT molecular complexity index is 2310. The Hall–Kier alpha value is -5.87. The zero-order chi connectivity index (χ0) is 40.8. The van der Waals surface area contributed by atoms with Crippen LogP contribution in [0, 0.1) is 5.82 Å². The van der Waals surface area contributed by atoms with E-state index in [1.807, 2.05) is 41.6 Å². The van der Waals surface area contributed by atoms with Crippen molar-refractivity contribution in [2.75, 3.05) is 43.4 Å². The monoisotopic (exact) mass is 799 g/mol. The Balaban J connectivity index is 0.873. The number of benzene rings is 1. The molecule has 2 N–H and O–H groups in total. The summed E-state index contributed by atoms with van der Waals surface area (Å²) in [4.78, 5) is 73.9. The minimum atomic E-state index is -1.07. The maximum atomic E-state index is 15.3. The second kappa shape index (κ2) is 15.8. The van der Waals surface area contributed by atoms with E-state index in [1.54, 1.807) is 23.1 Å². The Morgan fingerprint density at radius 1 is 1.03 bits per heavy atom. The normalized spacial score (nSPS) is 21.7. The van der Waals surface area contributed by atoms with Gasteiger partial charge in [0.15, 0.2) is 11.6 Å². The minimum Gasteiger partial charge on any atom is -0.490 e. The van der Waals surface area contributed by atoms with Crippen LogP contribution >= 0.6 is 0 Å². The number of carbonyl (C=O) groups is 4. The number of piperidine rings is 3. The van der Waals surface area contributed by atoms with Gasteiger partial charge >= 0.3 is 6.03 Å². The maximum Gasteiger partial charge on any atom is 0.319 e. The number of fused-ring (bicyclic) bond motifs is 1. The molecular weight excluding hydrogens is 753 g/mol. The van der Waals surface area contributed by atoms with Gasteiger partial charge in [-0.25, -0.2) is 18.6 Å². The van der Waals surface area contributed by atoms with Crippen molar-refractivity contribution in [2.24, 2.45) is 0 Å². The molecule has 4 aromatic rings. The first-order valence-corrected chi connectivity index (χ1v) is 20.0. The van der Waals surface area contributed by atoms with E-state index < -0.39 is 41.3 Å². The second-order valence-corrected chi connectivity index (χ2v) is 16.0. The fraction of sp³-hybridized carbons (Fsp3) is 0.488. The quantitative estimate of drug-likeness (QED) is 0.224. The van der Waals surface area contributed by atoms with Crippen molar-refractivity contribution in [1.82, 2.24) is 34.4 Å². The van der Waals surface area contributed by atoms with Crippen LogP contribution in [-0.4, -0.2) is 104 Å². The highest BCUT2D eigenvalue weighted by molar-refractivity contribution is 6.08. The van der Waals surface area contributed by atoms with E-state index in [1.165, 1.54) is 29.1 Å². The number of ether oxygens (including phenoxy) is 1. The van der Waals surface area contributed by atoms with Crippen molar-refractivity contribution in [3.05, 3.63) is 76.2 Å². The van der Waals surface area contributed by atoms with Crippen LogP contribution in [0.1, 0.15) is 92.7 Å². The number of urea groups is 1. The van der Waals surface area contributed by atoms with E-state index >= 15 is 4.39 Å². The molecule has 17 heteroatoms. The van der Waals surface area contributed by atoms with Crippen molar-refractivity contribution >= 4 is 46.2 Å². The predicted octanol–water partition coefficient (Wildman–Crippen LogP) is 4.93. The van der Waals surface area contributed by atoms with Crippen LogP contribution in [0.25, 0.3) is 10.9 Å². The largest absolute Gasteiger partial charge is 0.490 e. The molecule has 15 nitrogen and oxygen atoms in total. The molecule has 8 rings (SSSR count). The highest BCUT2D eigenvalue weighted by Crippen LogP contribution is 2.38. The Labute approximate surface area is 333 Å². The summed E-state index contributed by atoms with van der Waals surface area (Å²) in [5.41, 5.74) is 0.913. The van der Waals surface area contributed by atoms with Gasteiger partial charge in [-0.3, -0.25) is 29.2 Å². The average Bonchev–Trinajstić information content (AvgIpc) is 3.78. The molecule has 4 aliphatic rings. The van der Waals surface area contributed by atoms with Crippen LogP contribution in [0.5, 0.6) is 5.75 Å². The van der Waals surface area contributed by atoms with E-state index in [2.05, 4.69) is 15.6 Å². The van der Waals surface area contributed by atoms with E-state index in [-0.39, 0.29) is 60.0 Å². The molecule has 58 heavy (non-hydrogen) atoms. The number of hydrogen-bond acceptors (Lipinski definition) is 9. The summed E-state index contributed by atoms with van der Waals surface area (Å²) in [7, 11) is 1.81. The van der Waals surface area contributed by atoms with Gasteiger partial charge in [-0.15, -0.1) is 0 Å². The van der Waals surface area contributed by atoms with Gasteiger partial charge in [0, 0.05) is 82.2 Å². The summed E-state index contributed by atoms with van der Waals surface area (Å²) >= 11 is 0. The van der Waals surface area contributed by atoms with Crippen molar-refractivity contribution < 1.29 is 32.7 Å². The first-order valence-electron chi connectivity index (χ1n) is 20.0. The number of aromatic nitrogens is 4. The summed E-state index contributed by atoms with van der Waals surface area (Å²) in [5.74, 6) is -1.88. The van der Waals surface area contributed by atoms with Gasteiger partial charge in [0.2, 0.25) is 11.8 Å². The number of nitrogens with zero attached hydrogens (tertiary/aromatic N) is 7. The fourth-order valence-electron chi connectivity index (χ4n) is 8.33. The van der Waals surface area contributed by atoms with Gasteiger partial charge in [0.05, 0.1) is 35.2 Å². The zero-order valence-electron chi connectivity index (χ0n) is 32.7. The molecule has 1 saturated carbocycles. The standard InChI is InChI=1S/C41H47F2N9O6/c1-23(2)58-35-20-33-25(17-29(35)39(55)45-32-5-4-12-51(40(32)56)34-19-30(34)42)22-52(47-33)27-10-15-50(16-11-27)41(57)48(3)26-8-13-49(14-9-26)37-31(43)18-24(21-44-37)28-6-7-36(53)46-38(28)54/h4-5,12,17-18,20-23,26-28,30,34H,6-11,13-16,19H2,1-3H3,(H,45,55)(H,46,53,54)/t28?,30-,34+/m1/s1. The molecule has 1 unspecified atom stereocenters. The van der Waals surface area contributed by atoms with Gasteiger partial charge in [0.1, 0.15) is 17.6 Å². The average molecular weight is 800 g/mol. The third kappa shape index (κ3) is 7.85. The Kier molecular flexibility index (Phi) is 10.6. The number of nitrogens with one attached hydrogen (secondary N) is 2. The van der Waals surface area contributed by atoms with Crippen molar-refractivity contribution in [2.45, 2.75) is 95.1 Å². The van der Waals surface area contributed by atoms with Crippen LogP contribution in [0.4, 0.5) is 25.1 Å². The first-order chi connectivity index (χ1) is 27.8.